The van der Waals surface area contributed by atoms with E-state index >= 15 is 0 Å². The van der Waals surface area contributed by atoms with Gasteiger partial charge in [-0.3, -0.25) is 15.1 Å². The molecule has 6 N–H and O–H groups in total. The summed E-state index contributed by atoms with van der Waals surface area (Å²) in [7, 11) is 0. The maximum atomic E-state index is 11.8. The number of carbonyl (C=O) groups is 2. The normalized spacial score (nSPS) is 27.0. The zero-order valence-electron chi connectivity index (χ0n) is 14.8. The van der Waals surface area contributed by atoms with Crippen molar-refractivity contribution in [3.05, 3.63) is 11.3 Å². The van der Waals surface area contributed by atoms with E-state index in [9.17, 15) is 19.8 Å². The topological polar surface area (TPSA) is 143 Å². The molecule has 0 radical (unpaired) electrons. The number of hydrogen-bond acceptors (Lipinski definition) is 5. The Hall–Kier alpha value is -2.13. The van der Waals surface area contributed by atoms with Crippen molar-refractivity contribution in [3.8, 4) is 0 Å². The van der Waals surface area contributed by atoms with Crippen molar-refractivity contribution in [1.29, 1.82) is 5.41 Å². The van der Waals surface area contributed by atoms with Crippen molar-refractivity contribution in [1.82, 2.24) is 15.1 Å². The van der Waals surface area contributed by atoms with Crippen LogP contribution in [0.2, 0.25) is 0 Å². The monoisotopic (exact) mass is 353 g/mol. The van der Waals surface area contributed by atoms with E-state index in [0.717, 1.165) is 0 Å². The SMILES string of the molecule is CC(O)C(C)C1C(C)C(CN2CC(NC(=N)N)C2)=C(C(=O)O)N1C=O. The molecule has 0 spiro atoms. The number of carboxylic acids is 1. The fourth-order valence-corrected chi connectivity index (χ4v) is 3.81. The van der Waals surface area contributed by atoms with Crippen molar-refractivity contribution >= 4 is 18.3 Å². The van der Waals surface area contributed by atoms with Gasteiger partial charge in [-0.05, 0) is 12.5 Å². The Balaban J connectivity index is 2.18. The van der Waals surface area contributed by atoms with Crippen LogP contribution in [0.1, 0.15) is 20.8 Å². The van der Waals surface area contributed by atoms with Crippen LogP contribution in [0.3, 0.4) is 0 Å². The molecule has 0 aromatic rings. The first kappa shape index (κ1) is 19.2. The molecule has 1 fully saturated rings. The highest BCUT2D eigenvalue weighted by Crippen LogP contribution is 2.38. The van der Waals surface area contributed by atoms with Gasteiger partial charge in [0.25, 0.3) is 0 Å². The fraction of sp³-hybridized carbons (Fsp3) is 0.688. The Bertz CT molecular complexity index is 585. The van der Waals surface area contributed by atoms with Crippen LogP contribution in [-0.4, -0.2) is 76.2 Å². The van der Waals surface area contributed by atoms with E-state index < -0.39 is 12.1 Å². The molecule has 140 valence electrons. The average Bonchev–Trinajstić information content (AvgIpc) is 2.76. The number of aliphatic carboxylic acids is 1. The highest BCUT2D eigenvalue weighted by atomic mass is 16.4. The van der Waals surface area contributed by atoms with Crippen molar-refractivity contribution in [2.75, 3.05) is 19.6 Å². The van der Waals surface area contributed by atoms with Crippen LogP contribution in [0, 0.1) is 17.2 Å². The third-order valence-corrected chi connectivity index (χ3v) is 5.27. The Kier molecular flexibility index (Phi) is 5.69. The lowest BCUT2D eigenvalue weighted by Gasteiger charge is -2.40. The maximum absolute atomic E-state index is 11.8. The number of rotatable bonds is 7. The number of nitrogens with zero attached hydrogens (tertiary/aromatic N) is 2. The highest BCUT2D eigenvalue weighted by Gasteiger charge is 2.45. The lowest BCUT2D eigenvalue weighted by molar-refractivity contribution is -0.137. The molecule has 4 atom stereocenters. The van der Waals surface area contributed by atoms with Crippen LogP contribution in [0.15, 0.2) is 11.3 Å². The molecule has 25 heavy (non-hydrogen) atoms. The summed E-state index contributed by atoms with van der Waals surface area (Å²) in [4.78, 5) is 26.6. The van der Waals surface area contributed by atoms with Gasteiger partial charge in [0.2, 0.25) is 6.41 Å². The maximum Gasteiger partial charge on any atom is 0.352 e. The molecule has 1 saturated heterocycles. The molecular formula is C16H27N5O4. The summed E-state index contributed by atoms with van der Waals surface area (Å²) in [5.41, 5.74) is 6.02. The Morgan fingerprint density at radius 2 is 2.08 bits per heavy atom. The molecule has 9 nitrogen and oxygen atoms in total. The molecule has 2 aliphatic rings. The summed E-state index contributed by atoms with van der Waals surface area (Å²) in [6.07, 6.45) is -0.107. The summed E-state index contributed by atoms with van der Waals surface area (Å²) >= 11 is 0. The molecule has 0 aromatic carbocycles. The Labute approximate surface area is 147 Å². The van der Waals surface area contributed by atoms with Gasteiger partial charge in [0, 0.05) is 37.5 Å². The third-order valence-electron chi connectivity index (χ3n) is 5.27. The number of aliphatic hydroxyl groups is 1. The van der Waals surface area contributed by atoms with Crippen molar-refractivity contribution in [3.63, 3.8) is 0 Å². The molecule has 0 bridgehead atoms. The minimum Gasteiger partial charge on any atom is -0.477 e. The smallest absolute Gasteiger partial charge is 0.352 e. The molecule has 9 heteroatoms. The lowest BCUT2D eigenvalue weighted by Crippen LogP contribution is -2.60. The Morgan fingerprint density at radius 3 is 2.52 bits per heavy atom. The van der Waals surface area contributed by atoms with Crippen LogP contribution < -0.4 is 11.1 Å². The van der Waals surface area contributed by atoms with E-state index in [1.165, 1.54) is 4.90 Å². The van der Waals surface area contributed by atoms with E-state index in [1.54, 1.807) is 6.92 Å². The van der Waals surface area contributed by atoms with Crippen LogP contribution in [-0.2, 0) is 9.59 Å². The highest BCUT2D eigenvalue weighted by molar-refractivity contribution is 5.91. The number of amides is 1. The fourth-order valence-electron chi connectivity index (χ4n) is 3.81. The summed E-state index contributed by atoms with van der Waals surface area (Å²) in [5, 5.41) is 29.6. The zero-order chi connectivity index (χ0) is 18.9. The third kappa shape index (κ3) is 3.77. The molecule has 1 amide bonds. The molecule has 4 unspecified atom stereocenters. The lowest BCUT2D eigenvalue weighted by atomic mass is 9.85. The molecule has 0 aliphatic carbocycles. The van der Waals surface area contributed by atoms with Gasteiger partial charge >= 0.3 is 5.97 Å². The number of hydrogen-bond donors (Lipinski definition) is 5. The molecule has 2 heterocycles. The van der Waals surface area contributed by atoms with Gasteiger partial charge in [0.05, 0.1) is 12.1 Å². The van der Waals surface area contributed by atoms with E-state index in [4.69, 9.17) is 11.1 Å². The van der Waals surface area contributed by atoms with E-state index in [2.05, 4.69) is 5.32 Å². The number of likely N-dealkylation sites (tertiary alicyclic amines) is 1. The first-order chi connectivity index (χ1) is 11.7. The van der Waals surface area contributed by atoms with Crippen LogP contribution in [0.4, 0.5) is 0 Å². The second kappa shape index (κ2) is 7.40. The second-order valence-electron chi connectivity index (χ2n) is 7.02. The number of aliphatic hydroxyl groups excluding tert-OH is 1. The molecule has 2 rings (SSSR count). The predicted octanol–water partition coefficient (Wildman–Crippen LogP) is -1.01. The van der Waals surface area contributed by atoms with Gasteiger partial charge in [-0.15, -0.1) is 0 Å². The average molecular weight is 353 g/mol. The molecular weight excluding hydrogens is 326 g/mol. The van der Waals surface area contributed by atoms with Crippen LogP contribution in [0.25, 0.3) is 0 Å². The summed E-state index contributed by atoms with van der Waals surface area (Å²) in [6.45, 7) is 7.11. The molecule has 2 aliphatic heterocycles. The van der Waals surface area contributed by atoms with E-state index in [0.29, 0.717) is 31.6 Å². The second-order valence-corrected chi connectivity index (χ2v) is 7.02. The molecule has 0 aromatic heterocycles. The largest absolute Gasteiger partial charge is 0.477 e. The summed E-state index contributed by atoms with van der Waals surface area (Å²) < 4.78 is 0. The van der Waals surface area contributed by atoms with Gasteiger partial charge in [0.1, 0.15) is 5.70 Å². The first-order valence-electron chi connectivity index (χ1n) is 8.38. The van der Waals surface area contributed by atoms with E-state index in [1.807, 2.05) is 18.7 Å². The van der Waals surface area contributed by atoms with Gasteiger partial charge in [0.15, 0.2) is 5.96 Å². The van der Waals surface area contributed by atoms with Crippen molar-refractivity contribution in [2.45, 2.75) is 39.0 Å². The Morgan fingerprint density at radius 1 is 1.48 bits per heavy atom. The van der Waals surface area contributed by atoms with Gasteiger partial charge in [-0.25, -0.2) is 4.79 Å². The van der Waals surface area contributed by atoms with Gasteiger partial charge in [-0.1, -0.05) is 13.8 Å². The minimum absolute atomic E-state index is 0.0166. The van der Waals surface area contributed by atoms with Gasteiger partial charge in [-0.2, -0.15) is 0 Å². The number of carboxylic acid groups (broad SMARTS) is 1. The van der Waals surface area contributed by atoms with Gasteiger partial charge < -0.3 is 26.2 Å². The predicted molar refractivity (Wildman–Crippen MR) is 91.6 cm³/mol. The van der Waals surface area contributed by atoms with Crippen molar-refractivity contribution in [2.24, 2.45) is 17.6 Å². The number of carbonyl (C=O) groups excluding carboxylic acids is 1. The van der Waals surface area contributed by atoms with Crippen LogP contribution in [0.5, 0.6) is 0 Å². The first-order valence-corrected chi connectivity index (χ1v) is 8.38. The minimum atomic E-state index is -1.13. The summed E-state index contributed by atoms with van der Waals surface area (Å²) in [6, 6.07) is -0.302. The zero-order valence-corrected chi connectivity index (χ0v) is 14.8. The number of nitrogens with one attached hydrogen (secondary N) is 2. The quantitative estimate of drug-likeness (QED) is 0.224. The van der Waals surface area contributed by atoms with Crippen molar-refractivity contribution < 1.29 is 19.8 Å². The van der Waals surface area contributed by atoms with Crippen LogP contribution >= 0.6 is 0 Å². The number of guanidine groups is 1. The summed E-state index contributed by atoms with van der Waals surface area (Å²) in [5.74, 6) is -1.63. The number of nitrogens with two attached hydrogens (primary N) is 1. The standard InChI is InChI=1S/C16H27N5O4/c1-8(10(3)23)13-9(2)12(14(15(24)25)21(13)7-22)6-20-4-11(5-20)19-16(17)18/h7-11,13,23H,4-6H2,1-3H3,(H,24,25)(H4,17,18,19). The molecule has 0 saturated carbocycles. The van der Waals surface area contributed by atoms with E-state index in [-0.39, 0.29) is 35.6 Å².